The first kappa shape index (κ1) is 13.0. The van der Waals surface area contributed by atoms with E-state index in [9.17, 15) is 0 Å². The summed E-state index contributed by atoms with van der Waals surface area (Å²) < 4.78 is 10.7. The van der Waals surface area contributed by atoms with Gasteiger partial charge in [0.05, 0.1) is 11.4 Å². The third-order valence-corrected chi connectivity index (χ3v) is 4.08. The van der Waals surface area contributed by atoms with Gasteiger partial charge in [-0.1, -0.05) is 0 Å². The quantitative estimate of drug-likeness (QED) is 0.741. The number of ether oxygens (including phenoxy) is 2. The molecule has 108 valence electrons. The minimum Gasteiger partial charge on any atom is -0.454 e. The average molecular weight is 309 g/mol. The van der Waals surface area contributed by atoms with Crippen LogP contribution in [-0.4, -0.2) is 21.7 Å². The fourth-order valence-electron chi connectivity index (χ4n) is 2.10. The van der Waals surface area contributed by atoms with Crippen molar-refractivity contribution in [2.45, 2.75) is 0 Å². The van der Waals surface area contributed by atoms with Crippen LogP contribution in [0.3, 0.4) is 0 Å². The van der Waals surface area contributed by atoms with Gasteiger partial charge in [0.25, 0.3) is 0 Å². The topological polar surface area (TPSA) is 57.1 Å². The Morgan fingerprint density at radius 3 is 2.86 bits per heavy atom. The van der Waals surface area contributed by atoms with Crippen LogP contribution in [0.5, 0.6) is 11.5 Å². The highest BCUT2D eigenvalue weighted by molar-refractivity contribution is 7.13. The van der Waals surface area contributed by atoms with Crippen LogP contribution in [0.15, 0.2) is 42.2 Å². The first-order valence-corrected chi connectivity index (χ1v) is 7.56. The maximum absolute atomic E-state index is 5.40. The zero-order chi connectivity index (χ0) is 14.8. The molecule has 0 atom stereocenters. The van der Waals surface area contributed by atoms with Gasteiger partial charge in [-0.3, -0.25) is 0 Å². The molecule has 22 heavy (non-hydrogen) atoms. The number of benzene rings is 1. The Labute approximate surface area is 130 Å². The molecule has 1 aliphatic rings. The summed E-state index contributed by atoms with van der Waals surface area (Å²) in [6.45, 7) is 0.281. The maximum Gasteiger partial charge on any atom is 0.231 e. The molecule has 0 amide bonds. The second-order valence-corrected chi connectivity index (χ2v) is 5.47. The van der Waals surface area contributed by atoms with Crippen molar-refractivity contribution in [3.8, 4) is 22.1 Å². The third-order valence-electron chi connectivity index (χ3n) is 3.17. The van der Waals surface area contributed by atoms with Gasteiger partial charge in [0, 0.05) is 17.1 Å². The van der Waals surface area contributed by atoms with Gasteiger partial charge in [-0.2, -0.15) is 0 Å². The van der Waals surface area contributed by atoms with E-state index in [1.807, 2.05) is 41.8 Å². The standard InChI is InChI=1S/C16H11N3O2S/c1-4-14-15(21-10-20-14)7-11(1)16-19-13(8-22-16)3-2-12-5-6-17-9-18-12/h1-9H,10H2/b3-2+. The van der Waals surface area contributed by atoms with Crippen molar-refractivity contribution in [1.29, 1.82) is 0 Å². The molecule has 0 bridgehead atoms. The van der Waals surface area contributed by atoms with Crippen LogP contribution < -0.4 is 9.47 Å². The molecule has 5 nitrogen and oxygen atoms in total. The molecule has 3 heterocycles. The molecule has 6 heteroatoms. The smallest absolute Gasteiger partial charge is 0.231 e. The van der Waals surface area contributed by atoms with E-state index in [4.69, 9.17) is 9.47 Å². The van der Waals surface area contributed by atoms with Gasteiger partial charge >= 0.3 is 0 Å². The van der Waals surface area contributed by atoms with Crippen molar-refractivity contribution >= 4 is 23.5 Å². The van der Waals surface area contributed by atoms with E-state index in [-0.39, 0.29) is 6.79 Å². The van der Waals surface area contributed by atoms with Crippen LogP contribution in [0.2, 0.25) is 0 Å². The zero-order valence-electron chi connectivity index (χ0n) is 11.5. The summed E-state index contributed by atoms with van der Waals surface area (Å²) in [4.78, 5) is 12.7. The highest BCUT2D eigenvalue weighted by Gasteiger charge is 2.14. The Morgan fingerprint density at radius 2 is 1.95 bits per heavy atom. The summed E-state index contributed by atoms with van der Waals surface area (Å²) >= 11 is 1.59. The minimum atomic E-state index is 0.281. The molecule has 0 aliphatic carbocycles. The third kappa shape index (κ3) is 2.56. The number of hydrogen-bond acceptors (Lipinski definition) is 6. The number of rotatable bonds is 3. The molecule has 3 aromatic rings. The minimum absolute atomic E-state index is 0.281. The molecule has 0 N–H and O–H groups in total. The Bertz CT molecular complexity index is 830. The van der Waals surface area contributed by atoms with Gasteiger partial charge < -0.3 is 9.47 Å². The zero-order valence-corrected chi connectivity index (χ0v) is 12.3. The molecule has 0 saturated carbocycles. The lowest BCUT2D eigenvalue weighted by Crippen LogP contribution is -1.92. The number of nitrogens with zero attached hydrogens (tertiary/aromatic N) is 3. The van der Waals surface area contributed by atoms with E-state index in [1.165, 1.54) is 6.33 Å². The molecule has 1 aromatic carbocycles. The van der Waals surface area contributed by atoms with Crippen LogP contribution in [0.25, 0.3) is 22.7 Å². The molecule has 0 fully saturated rings. The summed E-state index contributed by atoms with van der Waals surface area (Å²) in [6.07, 6.45) is 7.10. The lowest BCUT2D eigenvalue weighted by Gasteiger charge is -1.98. The second kappa shape index (κ2) is 5.57. The van der Waals surface area contributed by atoms with E-state index in [0.29, 0.717) is 0 Å². The normalized spacial score (nSPS) is 12.9. The first-order valence-electron chi connectivity index (χ1n) is 6.68. The van der Waals surface area contributed by atoms with E-state index in [1.54, 1.807) is 17.5 Å². The van der Waals surface area contributed by atoms with E-state index >= 15 is 0 Å². The monoisotopic (exact) mass is 309 g/mol. The molecule has 0 saturated heterocycles. The predicted molar refractivity (Wildman–Crippen MR) is 84.6 cm³/mol. The summed E-state index contributed by atoms with van der Waals surface area (Å²) in [7, 11) is 0. The van der Waals surface area contributed by atoms with Crippen molar-refractivity contribution < 1.29 is 9.47 Å². The van der Waals surface area contributed by atoms with Gasteiger partial charge in [-0.05, 0) is 36.4 Å². The van der Waals surface area contributed by atoms with Crippen LogP contribution in [-0.2, 0) is 0 Å². The van der Waals surface area contributed by atoms with Gasteiger partial charge in [0.15, 0.2) is 11.5 Å². The van der Waals surface area contributed by atoms with Crippen molar-refractivity contribution in [1.82, 2.24) is 15.0 Å². The van der Waals surface area contributed by atoms with Crippen LogP contribution in [0, 0.1) is 0 Å². The molecule has 2 aromatic heterocycles. The van der Waals surface area contributed by atoms with Crippen molar-refractivity contribution in [3.63, 3.8) is 0 Å². The van der Waals surface area contributed by atoms with Gasteiger partial charge in [0.1, 0.15) is 11.3 Å². The van der Waals surface area contributed by atoms with Gasteiger partial charge in [-0.15, -0.1) is 11.3 Å². The first-order chi connectivity index (χ1) is 10.9. The second-order valence-electron chi connectivity index (χ2n) is 4.61. The molecule has 0 radical (unpaired) electrons. The fourth-order valence-corrected chi connectivity index (χ4v) is 2.88. The summed E-state index contributed by atoms with van der Waals surface area (Å²) in [6, 6.07) is 7.71. The van der Waals surface area contributed by atoms with Crippen molar-refractivity contribution in [3.05, 3.63) is 53.6 Å². The SMILES string of the molecule is C(=C\c1csc(-c2ccc3c(c2)OCO3)n1)/c1ccncn1. The predicted octanol–water partition coefficient (Wildman–Crippen LogP) is 3.50. The highest BCUT2D eigenvalue weighted by Crippen LogP contribution is 2.36. The largest absolute Gasteiger partial charge is 0.454 e. The lowest BCUT2D eigenvalue weighted by molar-refractivity contribution is 0.174. The van der Waals surface area contributed by atoms with Crippen LogP contribution in [0.1, 0.15) is 11.4 Å². The molecule has 1 aliphatic heterocycles. The lowest BCUT2D eigenvalue weighted by atomic mass is 10.2. The molecule has 4 rings (SSSR count). The van der Waals surface area contributed by atoms with E-state index in [0.717, 1.165) is 33.5 Å². The summed E-state index contributed by atoms with van der Waals surface area (Å²) in [5, 5.41) is 2.96. The fraction of sp³-hybridized carbons (Fsp3) is 0.0625. The molecule has 0 unspecified atom stereocenters. The van der Waals surface area contributed by atoms with Crippen molar-refractivity contribution in [2.75, 3.05) is 6.79 Å². The maximum atomic E-state index is 5.40. The summed E-state index contributed by atoms with van der Waals surface area (Å²) in [5.41, 5.74) is 2.78. The Morgan fingerprint density at radius 1 is 1.05 bits per heavy atom. The number of hydrogen-bond donors (Lipinski definition) is 0. The van der Waals surface area contributed by atoms with Gasteiger partial charge in [-0.25, -0.2) is 15.0 Å². The Balaban J connectivity index is 1.58. The molecule has 0 spiro atoms. The van der Waals surface area contributed by atoms with Crippen LogP contribution in [0.4, 0.5) is 0 Å². The Hall–Kier alpha value is -2.73. The van der Waals surface area contributed by atoms with E-state index in [2.05, 4.69) is 15.0 Å². The number of fused-ring (bicyclic) bond motifs is 1. The summed E-state index contributed by atoms with van der Waals surface area (Å²) in [5.74, 6) is 1.55. The Kier molecular flexibility index (Phi) is 3.29. The number of aromatic nitrogens is 3. The van der Waals surface area contributed by atoms with E-state index < -0.39 is 0 Å². The molecular formula is C16H11N3O2S. The number of thiazole rings is 1. The van der Waals surface area contributed by atoms with Gasteiger partial charge in [0.2, 0.25) is 6.79 Å². The average Bonchev–Trinajstić information content (AvgIpc) is 3.22. The molecular weight excluding hydrogens is 298 g/mol. The van der Waals surface area contributed by atoms with Crippen LogP contribution >= 0.6 is 11.3 Å². The van der Waals surface area contributed by atoms with Crippen molar-refractivity contribution in [2.24, 2.45) is 0 Å². The highest BCUT2D eigenvalue weighted by atomic mass is 32.1.